The molecule has 27 heavy (non-hydrogen) atoms. The number of amides is 1. The fourth-order valence-corrected chi connectivity index (χ4v) is 5.09. The van der Waals surface area contributed by atoms with Crippen LogP contribution in [0.4, 0.5) is 0 Å². The number of carbonyl (C=O) groups excluding carboxylic acids is 1. The molecule has 2 saturated heterocycles. The molecule has 1 saturated carbocycles. The number of carbonyl (C=O) groups is 1. The predicted molar refractivity (Wildman–Crippen MR) is 106 cm³/mol. The highest BCUT2D eigenvalue weighted by Crippen LogP contribution is 2.30. The Balaban J connectivity index is 1.32. The van der Waals surface area contributed by atoms with Gasteiger partial charge in [0.15, 0.2) is 0 Å². The molecule has 148 valence electrons. The van der Waals surface area contributed by atoms with Crippen molar-refractivity contribution >= 4 is 5.91 Å². The van der Waals surface area contributed by atoms with Gasteiger partial charge in [-0.05, 0) is 45.1 Å². The van der Waals surface area contributed by atoms with Gasteiger partial charge in [-0.1, -0.05) is 25.7 Å². The molecule has 0 aromatic carbocycles. The SMILES string of the molecule is O=C1CCCN1CC[C@H]1CCCCN1Cc1cnc(C2CCCCC2)nc1. The average molecular weight is 371 g/mol. The van der Waals surface area contributed by atoms with Crippen molar-refractivity contribution in [1.82, 2.24) is 19.8 Å². The van der Waals surface area contributed by atoms with E-state index in [0.717, 1.165) is 51.3 Å². The van der Waals surface area contributed by atoms with Crippen molar-refractivity contribution in [3.8, 4) is 0 Å². The second-order valence-electron chi connectivity index (χ2n) is 8.68. The summed E-state index contributed by atoms with van der Waals surface area (Å²) in [6.07, 6.45) is 17.4. The summed E-state index contributed by atoms with van der Waals surface area (Å²) < 4.78 is 0. The maximum Gasteiger partial charge on any atom is 0.222 e. The topological polar surface area (TPSA) is 49.3 Å². The molecule has 1 atom stereocenters. The van der Waals surface area contributed by atoms with E-state index in [4.69, 9.17) is 9.97 Å². The highest BCUT2D eigenvalue weighted by Gasteiger charge is 2.26. The van der Waals surface area contributed by atoms with E-state index in [9.17, 15) is 4.79 Å². The van der Waals surface area contributed by atoms with E-state index in [1.807, 2.05) is 0 Å². The Kier molecular flexibility index (Phi) is 6.38. The molecule has 0 unspecified atom stereocenters. The summed E-state index contributed by atoms with van der Waals surface area (Å²) in [5, 5.41) is 0. The van der Waals surface area contributed by atoms with Crippen LogP contribution < -0.4 is 0 Å². The monoisotopic (exact) mass is 370 g/mol. The molecular weight excluding hydrogens is 336 g/mol. The zero-order chi connectivity index (χ0) is 18.5. The van der Waals surface area contributed by atoms with Crippen LogP contribution in [0.25, 0.3) is 0 Å². The van der Waals surface area contributed by atoms with Crippen LogP contribution in [0.3, 0.4) is 0 Å². The number of likely N-dealkylation sites (tertiary alicyclic amines) is 2. The van der Waals surface area contributed by atoms with E-state index in [-0.39, 0.29) is 0 Å². The lowest BCUT2D eigenvalue weighted by Gasteiger charge is -2.36. The Morgan fingerprint density at radius 1 is 0.926 bits per heavy atom. The normalized spacial score (nSPS) is 25.3. The number of hydrogen-bond donors (Lipinski definition) is 0. The molecule has 4 rings (SSSR count). The highest BCUT2D eigenvalue weighted by molar-refractivity contribution is 5.77. The maximum atomic E-state index is 11.9. The summed E-state index contributed by atoms with van der Waals surface area (Å²) in [4.78, 5) is 26.0. The van der Waals surface area contributed by atoms with Crippen molar-refractivity contribution in [2.24, 2.45) is 0 Å². The molecule has 1 aromatic rings. The van der Waals surface area contributed by atoms with Gasteiger partial charge in [-0.15, -0.1) is 0 Å². The Bertz CT molecular complexity index is 611. The maximum absolute atomic E-state index is 11.9. The van der Waals surface area contributed by atoms with Crippen LogP contribution >= 0.6 is 0 Å². The minimum atomic E-state index is 0.351. The summed E-state index contributed by atoms with van der Waals surface area (Å²) in [6.45, 7) is 3.99. The first-order valence-electron chi connectivity index (χ1n) is 11.1. The summed E-state index contributed by atoms with van der Waals surface area (Å²) in [7, 11) is 0. The second kappa shape index (κ2) is 9.13. The van der Waals surface area contributed by atoms with E-state index in [0.29, 0.717) is 17.9 Å². The molecule has 5 heteroatoms. The fraction of sp³-hybridized carbons (Fsp3) is 0.773. The largest absolute Gasteiger partial charge is 0.343 e. The summed E-state index contributed by atoms with van der Waals surface area (Å²) >= 11 is 0. The zero-order valence-corrected chi connectivity index (χ0v) is 16.6. The third-order valence-electron chi connectivity index (χ3n) is 6.73. The molecule has 0 radical (unpaired) electrons. The van der Waals surface area contributed by atoms with Crippen LogP contribution in [0.15, 0.2) is 12.4 Å². The van der Waals surface area contributed by atoms with Gasteiger partial charge in [-0.3, -0.25) is 9.69 Å². The lowest BCUT2D eigenvalue weighted by atomic mass is 9.89. The molecule has 0 N–H and O–H groups in total. The molecule has 3 aliphatic rings. The van der Waals surface area contributed by atoms with Gasteiger partial charge in [-0.25, -0.2) is 9.97 Å². The van der Waals surface area contributed by atoms with E-state index in [1.54, 1.807) is 0 Å². The number of rotatable bonds is 6. The Morgan fingerprint density at radius 3 is 2.44 bits per heavy atom. The first kappa shape index (κ1) is 18.9. The van der Waals surface area contributed by atoms with Gasteiger partial charge in [0, 0.05) is 56.0 Å². The lowest BCUT2D eigenvalue weighted by molar-refractivity contribution is -0.127. The first-order chi connectivity index (χ1) is 13.3. The molecule has 0 spiro atoms. The lowest BCUT2D eigenvalue weighted by Crippen LogP contribution is -2.41. The van der Waals surface area contributed by atoms with E-state index in [1.165, 1.54) is 56.9 Å². The van der Waals surface area contributed by atoms with E-state index >= 15 is 0 Å². The smallest absolute Gasteiger partial charge is 0.222 e. The van der Waals surface area contributed by atoms with Gasteiger partial charge in [0.1, 0.15) is 5.82 Å². The van der Waals surface area contributed by atoms with Crippen LogP contribution in [0.1, 0.15) is 87.9 Å². The Labute approximate surface area is 163 Å². The Hall–Kier alpha value is -1.49. The van der Waals surface area contributed by atoms with Crippen molar-refractivity contribution < 1.29 is 4.79 Å². The quantitative estimate of drug-likeness (QED) is 0.762. The van der Waals surface area contributed by atoms with Gasteiger partial charge in [0.2, 0.25) is 5.91 Å². The number of piperidine rings is 1. The molecule has 3 heterocycles. The van der Waals surface area contributed by atoms with Crippen LogP contribution in [-0.4, -0.2) is 51.4 Å². The standard InChI is InChI=1S/C22H34N4O/c27-21-10-6-13-25(21)14-11-20-9-4-5-12-26(20)17-18-15-23-22(24-16-18)19-7-2-1-3-8-19/h15-16,19-20H,1-14,17H2/t20-/m1/s1. The molecule has 3 fully saturated rings. The minimum Gasteiger partial charge on any atom is -0.343 e. The van der Waals surface area contributed by atoms with Crippen molar-refractivity contribution in [1.29, 1.82) is 0 Å². The third-order valence-corrected chi connectivity index (χ3v) is 6.73. The average Bonchev–Trinajstić information content (AvgIpc) is 3.13. The van der Waals surface area contributed by atoms with Crippen molar-refractivity contribution in [3.05, 3.63) is 23.8 Å². The summed E-state index contributed by atoms with van der Waals surface area (Å²) in [5.74, 6) is 1.98. The number of aromatic nitrogens is 2. The fourth-order valence-electron chi connectivity index (χ4n) is 5.09. The first-order valence-corrected chi connectivity index (χ1v) is 11.1. The molecular formula is C22H34N4O. The van der Waals surface area contributed by atoms with Gasteiger partial charge >= 0.3 is 0 Å². The number of hydrogen-bond acceptors (Lipinski definition) is 4. The van der Waals surface area contributed by atoms with Gasteiger partial charge in [0.25, 0.3) is 0 Å². The molecule has 5 nitrogen and oxygen atoms in total. The Morgan fingerprint density at radius 2 is 1.70 bits per heavy atom. The number of nitrogens with zero attached hydrogens (tertiary/aromatic N) is 4. The van der Waals surface area contributed by atoms with E-state index in [2.05, 4.69) is 22.2 Å². The van der Waals surface area contributed by atoms with Crippen LogP contribution in [0.5, 0.6) is 0 Å². The highest BCUT2D eigenvalue weighted by atomic mass is 16.2. The van der Waals surface area contributed by atoms with Crippen LogP contribution in [0, 0.1) is 0 Å². The van der Waals surface area contributed by atoms with Crippen molar-refractivity contribution in [2.75, 3.05) is 19.6 Å². The molecule has 1 aromatic heterocycles. The predicted octanol–water partition coefficient (Wildman–Crippen LogP) is 3.89. The molecule has 1 aliphatic carbocycles. The van der Waals surface area contributed by atoms with Gasteiger partial charge in [-0.2, -0.15) is 0 Å². The zero-order valence-electron chi connectivity index (χ0n) is 16.6. The molecule has 1 amide bonds. The summed E-state index contributed by atoms with van der Waals surface area (Å²) in [5.41, 5.74) is 1.23. The second-order valence-corrected chi connectivity index (χ2v) is 8.68. The minimum absolute atomic E-state index is 0.351. The van der Waals surface area contributed by atoms with Gasteiger partial charge in [0.05, 0.1) is 0 Å². The molecule has 2 aliphatic heterocycles. The van der Waals surface area contributed by atoms with Gasteiger partial charge < -0.3 is 4.90 Å². The van der Waals surface area contributed by atoms with Crippen molar-refractivity contribution in [3.63, 3.8) is 0 Å². The van der Waals surface area contributed by atoms with Crippen LogP contribution in [-0.2, 0) is 11.3 Å². The van der Waals surface area contributed by atoms with Crippen LogP contribution in [0.2, 0.25) is 0 Å². The molecule has 0 bridgehead atoms. The van der Waals surface area contributed by atoms with Crippen molar-refractivity contribution in [2.45, 2.75) is 89.1 Å². The summed E-state index contributed by atoms with van der Waals surface area (Å²) in [6, 6.07) is 0.588. The third kappa shape index (κ3) is 4.87. The van der Waals surface area contributed by atoms with E-state index < -0.39 is 0 Å².